The minimum atomic E-state index is -0.251. The van der Waals surface area contributed by atoms with Gasteiger partial charge >= 0.3 is 5.97 Å². The van der Waals surface area contributed by atoms with Gasteiger partial charge in [0.15, 0.2) is 0 Å². The lowest BCUT2D eigenvalue weighted by atomic mass is 10.1. The third-order valence-electron chi connectivity index (χ3n) is 2.32. The van der Waals surface area contributed by atoms with Crippen molar-refractivity contribution >= 4 is 5.97 Å². The van der Waals surface area contributed by atoms with Gasteiger partial charge in [0.05, 0.1) is 23.9 Å². The predicted molar refractivity (Wildman–Crippen MR) is 71.8 cm³/mol. The van der Waals surface area contributed by atoms with Crippen LogP contribution in [-0.4, -0.2) is 24.3 Å². The summed E-state index contributed by atoms with van der Waals surface area (Å²) in [5.41, 5.74) is 1.94. The molecule has 0 unspecified atom stereocenters. The number of aryl methyl sites for hydroxylation is 1. The highest BCUT2D eigenvalue weighted by atomic mass is 16.6. The summed E-state index contributed by atoms with van der Waals surface area (Å²) in [7, 11) is 0. The number of esters is 1. The molecule has 1 aromatic carbocycles. The van der Waals surface area contributed by atoms with Crippen LogP contribution in [0.25, 0.3) is 0 Å². The Hall–Kier alpha value is -1.35. The smallest absolute Gasteiger partial charge is 0.338 e. The van der Waals surface area contributed by atoms with E-state index in [1.54, 1.807) is 6.07 Å². The summed E-state index contributed by atoms with van der Waals surface area (Å²) in [6.45, 7) is 10.7. The van der Waals surface area contributed by atoms with Crippen molar-refractivity contribution in [3.05, 3.63) is 35.4 Å². The molecule has 1 fully saturated rings. The van der Waals surface area contributed by atoms with Crippen molar-refractivity contribution in [2.75, 3.05) is 6.61 Å². The maximum Gasteiger partial charge on any atom is 0.338 e. The summed E-state index contributed by atoms with van der Waals surface area (Å²) in [5, 5.41) is 0. The van der Waals surface area contributed by atoms with Crippen molar-refractivity contribution in [1.82, 2.24) is 0 Å². The van der Waals surface area contributed by atoms with Crippen LogP contribution in [0.4, 0.5) is 0 Å². The van der Waals surface area contributed by atoms with E-state index in [1.165, 1.54) is 0 Å². The predicted octanol–water partition coefficient (Wildman–Crippen LogP) is 3.36. The van der Waals surface area contributed by atoms with E-state index in [1.807, 2.05) is 39.0 Å². The molecule has 0 atom stereocenters. The molecule has 0 spiro atoms. The number of carbonyl (C=O) groups is 1. The van der Waals surface area contributed by atoms with E-state index in [4.69, 9.17) is 9.47 Å². The first-order chi connectivity index (χ1) is 8.30. The number of benzene rings is 1. The Labute approximate surface area is 109 Å². The van der Waals surface area contributed by atoms with Gasteiger partial charge in [0.2, 0.25) is 0 Å². The molecule has 1 heterocycles. The van der Waals surface area contributed by atoms with Crippen molar-refractivity contribution in [3.8, 4) is 0 Å². The molecular weight excluding hydrogens is 228 g/mol. The highest BCUT2D eigenvalue weighted by molar-refractivity contribution is 5.89. The third-order valence-corrected chi connectivity index (χ3v) is 2.32. The summed E-state index contributed by atoms with van der Waals surface area (Å²) in [5.74, 6) is -0.251. The van der Waals surface area contributed by atoms with Gasteiger partial charge in [-0.3, -0.25) is 0 Å². The van der Waals surface area contributed by atoms with Gasteiger partial charge < -0.3 is 9.47 Å². The molecule has 0 N–H and O–H groups in total. The molecule has 0 saturated carbocycles. The van der Waals surface area contributed by atoms with Crippen molar-refractivity contribution in [2.24, 2.45) is 0 Å². The van der Waals surface area contributed by atoms with Gasteiger partial charge in [0.1, 0.15) is 0 Å². The van der Waals surface area contributed by atoms with Crippen LogP contribution in [0, 0.1) is 6.92 Å². The molecule has 18 heavy (non-hydrogen) atoms. The normalized spacial score (nSPS) is 15.7. The summed E-state index contributed by atoms with van der Waals surface area (Å²) in [4.78, 5) is 11.4. The molecule has 3 heteroatoms. The van der Waals surface area contributed by atoms with Crippen LogP contribution in [0.15, 0.2) is 24.3 Å². The van der Waals surface area contributed by atoms with Crippen LogP contribution in [-0.2, 0) is 9.47 Å². The number of hydrogen-bond donors (Lipinski definition) is 0. The van der Waals surface area contributed by atoms with Gasteiger partial charge in [-0.2, -0.15) is 0 Å². The zero-order chi connectivity index (χ0) is 13.8. The Bertz CT molecular complexity index is 402. The highest BCUT2D eigenvalue weighted by Gasteiger charge is 2.32. The number of epoxide rings is 1. The summed E-state index contributed by atoms with van der Waals surface area (Å²) >= 11 is 0. The van der Waals surface area contributed by atoms with E-state index in [2.05, 4.69) is 13.8 Å². The molecular formula is C15H22O3. The van der Waals surface area contributed by atoms with E-state index in [0.29, 0.717) is 5.56 Å². The lowest BCUT2D eigenvalue weighted by Crippen LogP contribution is -2.11. The van der Waals surface area contributed by atoms with Gasteiger partial charge in [-0.05, 0) is 46.8 Å². The van der Waals surface area contributed by atoms with Crippen molar-refractivity contribution < 1.29 is 14.3 Å². The lowest BCUT2D eigenvalue weighted by molar-refractivity contribution is 0.0378. The van der Waals surface area contributed by atoms with Crippen LogP contribution in [0.1, 0.15) is 43.6 Å². The number of rotatable bonds is 2. The average Bonchev–Trinajstić information content (AvgIpc) is 2.94. The molecule has 1 aliphatic rings. The van der Waals surface area contributed by atoms with Gasteiger partial charge in [-0.15, -0.1) is 0 Å². The second kappa shape index (κ2) is 6.01. The maximum absolute atomic E-state index is 11.4. The monoisotopic (exact) mass is 250 g/mol. The standard InChI is InChI=1S/C11H14O2.C4H8O/c1-8(2)13-11(12)10-6-4-5-9(3)7-10;1-4(2)3-5-4/h4-8H,1-3H3;3H2,1-2H3. The van der Waals surface area contributed by atoms with Crippen LogP contribution in [0.5, 0.6) is 0 Å². The van der Waals surface area contributed by atoms with Gasteiger partial charge in [0.25, 0.3) is 0 Å². The maximum atomic E-state index is 11.4. The first-order valence-electron chi connectivity index (χ1n) is 6.22. The molecule has 0 aliphatic carbocycles. The average molecular weight is 250 g/mol. The molecule has 100 valence electrons. The van der Waals surface area contributed by atoms with E-state index in [9.17, 15) is 4.79 Å². The Kier molecular flexibility index (Phi) is 4.91. The molecule has 1 aliphatic heterocycles. The molecule has 2 rings (SSSR count). The molecule has 0 aromatic heterocycles. The molecule has 0 bridgehead atoms. The molecule has 1 aromatic rings. The second-order valence-corrected chi connectivity index (χ2v) is 5.37. The Morgan fingerprint density at radius 2 is 1.94 bits per heavy atom. The first-order valence-corrected chi connectivity index (χ1v) is 6.22. The van der Waals surface area contributed by atoms with Crippen molar-refractivity contribution in [1.29, 1.82) is 0 Å². The fraction of sp³-hybridized carbons (Fsp3) is 0.533. The summed E-state index contributed by atoms with van der Waals surface area (Å²) in [6.07, 6.45) is -0.0620. The van der Waals surface area contributed by atoms with Crippen LogP contribution < -0.4 is 0 Å². The minimum Gasteiger partial charge on any atom is -0.459 e. The summed E-state index contributed by atoms with van der Waals surface area (Å²) in [6, 6.07) is 7.39. The van der Waals surface area contributed by atoms with E-state index in [-0.39, 0.29) is 17.7 Å². The van der Waals surface area contributed by atoms with E-state index >= 15 is 0 Å². The number of ether oxygens (including phenoxy) is 2. The van der Waals surface area contributed by atoms with Gasteiger partial charge in [0, 0.05) is 0 Å². The van der Waals surface area contributed by atoms with Crippen molar-refractivity contribution in [3.63, 3.8) is 0 Å². The molecule has 1 saturated heterocycles. The van der Waals surface area contributed by atoms with Gasteiger partial charge in [-0.1, -0.05) is 17.7 Å². The SMILES string of the molecule is CC1(C)CO1.Cc1cccc(C(=O)OC(C)C)c1. The zero-order valence-corrected chi connectivity index (χ0v) is 11.8. The number of carbonyl (C=O) groups excluding carboxylic acids is 1. The molecule has 3 nitrogen and oxygen atoms in total. The van der Waals surface area contributed by atoms with Crippen LogP contribution in [0.3, 0.4) is 0 Å². The van der Waals surface area contributed by atoms with E-state index < -0.39 is 0 Å². The van der Waals surface area contributed by atoms with Crippen LogP contribution >= 0.6 is 0 Å². The highest BCUT2D eigenvalue weighted by Crippen LogP contribution is 2.23. The first kappa shape index (κ1) is 14.7. The Morgan fingerprint density at radius 1 is 1.39 bits per heavy atom. The van der Waals surface area contributed by atoms with Crippen LogP contribution in [0.2, 0.25) is 0 Å². The quantitative estimate of drug-likeness (QED) is 0.597. The Morgan fingerprint density at radius 3 is 2.33 bits per heavy atom. The topological polar surface area (TPSA) is 38.8 Å². The molecule has 0 radical (unpaired) electrons. The fourth-order valence-corrected chi connectivity index (χ4v) is 1.20. The second-order valence-electron chi connectivity index (χ2n) is 5.37. The largest absolute Gasteiger partial charge is 0.459 e. The van der Waals surface area contributed by atoms with Gasteiger partial charge in [-0.25, -0.2) is 4.79 Å². The minimum absolute atomic E-state index is 0.0620. The zero-order valence-electron chi connectivity index (χ0n) is 11.8. The summed E-state index contributed by atoms with van der Waals surface area (Å²) < 4.78 is 9.95. The van der Waals surface area contributed by atoms with Crippen molar-refractivity contribution in [2.45, 2.75) is 46.3 Å². The lowest BCUT2D eigenvalue weighted by Gasteiger charge is -2.07. The fourth-order valence-electron chi connectivity index (χ4n) is 1.20. The van der Waals surface area contributed by atoms with E-state index in [0.717, 1.165) is 12.2 Å². The Balaban J connectivity index is 0.000000269. The third kappa shape index (κ3) is 5.82. The number of hydrogen-bond acceptors (Lipinski definition) is 3. The molecule has 0 amide bonds.